The minimum Gasteiger partial charge on any atom is -0.385 e. The molecule has 1 aliphatic heterocycles. The van der Waals surface area contributed by atoms with Gasteiger partial charge in [-0.3, -0.25) is 4.99 Å². The van der Waals surface area contributed by atoms with Gasteiger partial charge in [0.05, 0.1) is 23.4 Å². The van der Waals surface area contributed by atoms with Crippen molar-refractivity contribution in [1.82, 2.24) is 15.2 Å². The molecule has 0 unspecified atom stereocenters. The van der Waals surface area contributed by atoms with E-state index >= 15 is 0 Å². The van der Waals surface area contributed by atoms with E-state index in [1.165, 1.54) is 4.88 Å². The van der Waals surface area contributed by atoms with Crippen molar-refractivity contribution in [1.29, 1.82) is 0 Å². The molecule has 0 amide bonds. The second-order valence-corrected chi connectivity index (χ2v) is 7.33. The normalized spacial score (nSPS) is 16.0. The predicted octanol–water partition coefficient (Wildman–Crippen LogP) is 2.97. The molecule has 0 aromatic carbocycles. The largest absolute Gasteiger partial charge is 0.385 e. The highest BCUT2D eigenvalue weighted by Crippen LogP contribution is 2.18. The van der Waals surface area contributed by atoms with Gasteiger partial charge in [-0.2, -0.15) is 0 Å². The van der Waals surface area contributed by atoms with Crippen LogP contribution < -0.4 is 5.32 Å². The number of halogens is 1. The molecule has 0 bridgehead atoms. The zero-order chi connectivity index (χ0) is 17.4. The molecule has 25 heavy (non-hydrogen) atoms. The van der Waals surface area contributed by atoms with Crippen LogP contribution in [0.15, 0.2) is 4.99 Å². The molecule has 0 spiro atoms. The first-order valence-corrected chi connectivity index (χ1v) is 9.44. The number of aliphatic imine (C=N–C) groups is 1. The van der Waals surface area contributed by atoms with E-state index in [0.29, 0.717) is 6.10 Å². The predicted molar refractivity (Wildman–Crippen MR) is 114 cm³/mol. The molecule has 1 N–H and O–H groups in total. The standard InChI is InChI=1S/C17H30N4O2S.HI/c1-13-16(24-14(2)20-13)12-19-17(18-3)21-8-6-15(7-9-21)23-11-5-10-22-4;/h15H,5-12H2,1-4H3,(H,18,19);1H. The maximum absolute atomic E-state index is 5.92. The van der Waals surface area contributed by atoms with Gasteiger partial charge in [0.1, 0.15) is 0 Å². The SMILES string of the molecule is CN=C(NCc1sc(C)nc1C)N1CCC(OCCCOC)CC1.I. The second-order valence-electron chi connectivity index (χ2n) is 6.05. The third-order valence-electron chi connectivity index (χ3n) is 4.21. The van der Waals surface area contributed by atoms with Gasteiger partial charge in [-0.1, -0.05) is 0 Å². The number of methoxy groups -OCH3 is 1. The summed E-state index contributed by atoms with van der Waals surface area (Å²) in [5.41, 5.74) is 1.11. The van der Waals surface area contributed by atoms with E-state index < -0.39 is 0 Å². The summed E-state index contributed by atoms with van der Waals surface area (Å²) in [5, 5.41) is 4.59. The molecular formula is C17H31IN4O2S. The number of aromatic nitrogens is 1. The zero-order valence-corrected chi connectivity index (χ0v) is 18.9. The van der Waals surface area contributed by atoms with Crippen LogP contribution in [0.3, 0.4) is 0 Å². The van der Waals surface area contributed by atoms with Crippen LogP contribution in [0.2, 0.25) is 0 Å². The van der Waals surface area contributed by atoms with Crippen molar-refractivity contribution < 1.29 is 9.47 Å². The molecule has 1 fully saturated rings. The van der Waals surface area contributed by atoms with Crippen molar-refractivity contribution in [2.45, 2.75) is 45.8 Å². The molecule has 6 nitrogen and oxygen atoms in total. The topological polar surface area (TPSA) is 59.0 Å². The summed E-state index contributed by atoms with van der Waals surface area (Å²) < 4.78 is 11.0. The fraction of sp³-hybridized carbons (Fsp3) is 0.765. The van der Waals surface area contributed by atoms with Crippen LogP contribution in [-0.4, -0.2) is 62.4 Å². The number of rotatable bonds is 7. The molecule has 0 atom stereocenters. The average molecular weight is 482 g/mol. The maximum atomic E-state index is 5.92. The Morgan fingerprint density at radius 1 is 1.32 bits per heavy atom. The summed E-state index contributed by atoms with van der Waals surface area (Å²) >= 11 is 1.75. The number of guanidine groups is 1. The molecule has 0 saturated carbocycles. The number of nitrogens with zero attached hydrogens (tertiary/aromatic N) is 3. The quantitative estimate of drug-likeness (QED) is 0.280. The Kier molecular flexibility index (Phi) is 10.9. The van der Waals surface area contributed by atoms with E-state index in [4.69, 9.17) is 9.47 Å². The lowest BCUT2D eigenvalue weighted by Gasteiger charge is -2.34. The van der Waals surface area contributed by atoms with Gasteiger partial charge in [0, 0.05) is 45.3 Å². The van der Waals surface area contributed by atoms with Crippen LogP contribution >= 0.6 is 35.3 Å². The molecule has 144 valence electrons. The first-order chi connectivity index (χ1) is 11.6. The molecule has 1 aromatic heterocycles. The van der Waals surface area contributed by atoms with Gasteiger partial charge in [0.15, 0.2) is 5.96 Å². The Morgan fingerprint density at radius 2 is 2.04 bits per heavy atom. The van der Waals surface area contributed by atoms with Crippen LogP contribution in [-0.2, 0) is 16.0 Å². The highest BCUT2D eigenvalue weighted by Gasteiger charge is 2.22. The van der Waals surface area contributed by atoms with Crippen LogP contribution in [0, 0.1) is 13.8 Å². The van der Waals surface area contributed by atoms with Crippen molar-refractivity contribution in [2.75, 3.05) is 40.5 Å². The van der Waals surface area contributed by atoms with E-state index in [0.717, 1.165) is 68.8 Å². The highest BCUT2D eigenvalue weighted by atomic mass is 127. The van der Waals surface area contributed by atoms with Gasteiger partial charge in [-0.25, -0.2) is 4.98 Å². The van der Waals surface area contributed by atoms with Crippen LogP contribution in [0.4, 0.5) is 0 Å². The number of nitrogens with one attached hydrogen (secondary N) is 1. The van der Waals surface area contributed by atoms with E-state index in [1.807, 2.05) is 14.0 Å². The highest BCUT2D eigenvalue weighted by molar-refractivity contribution is 14.0. The number of aryl methyl sites for hydroxylation is 2. The molecule has 1 aromatic rings. The van der Waals surface area contributed by atoms with Crippen molar-refractivity contribution in [2.24, 2.45) is 4.99 Å². The van der Waals surface area contributed by atoms with Crippen molar-refractivity contribution in [3.05, 3.63) is 15.6 Å². The third kappa shape index (κ3) is 7.36. The van der Waals surface area contributed by atoms with Gasteiger partial charge in [-0.15, -0.1) is 35.3 Å². The van der Waals surface area contributed by atoms with E-state index in [9.17, 15) is 0 Å². The number of likely N-dealkylation sites (tertiary alicyclic amines) is 1. The molecule has 2 rings (SSSR count). The van der Waals surface area contributed by atoms with E-state index in [1.54, 1.807) is 18.4 Å². The van der Waals surface area contributed by atoms with Crippen molar-refractivity contribution in [3.63, 3.8) is 0 Å². The molecule has 8 heteroatoms. The Bertz CT molecular complexity index is 531. The van der Waals surface area contributed by atoms with Crippen LogP contribution in [0.1, 0.15) is 34.8 Å². The van der Waals surface area contributed by atoms with E-state index in [2.05, 4.69) is 27.1 Å². The fourth-order valence-corrected chi connectivity index (χ4v) is 3.79. The first-order valence-electron chi connectivity index (χ1n) is 8.63. The minimum atomic E-state index is 0. The van der Waals surface area contributed by atoms with Crippen molar-refractivity contribution >= 4 is 41.3 Å². The summed E-state index contributed by atoms with van der Waals surface area (Å²) in [7, 11) is 3.58. The molecule has 1 saturated heterocycles. The number of ether oxygens (including phenoxy) is 2. The van der Waals surface area contributed by atoms with Gasteiger partial charge in [0.2, 0.25) is 0 Å². The number of piperidine rings is 1. The Hall–Kier alpha value is -0.450. The lowest BCUT2D eigenvalue weighted by molar-refractivity contribution is 0.00990. The van der Waals surface area contributed by atoms with Gasteiger partial charge >= 0.3 is 0 Å². The van der Waals surface area contributed by atoms with Crippen LogP contribution in [0.25, 0.3) is 0 Å². The van der Waals surface area contributed by atoms with Gasteiger partial charge < -0.3 is 19.7 Å². The Balaban J connectivity index is 0.00000312. The first kappa shape index (κ1) is 22.6. The number of hydrogen-bond acceptors (Lipinski definition) is 5. The summed E-state index contributed by atoms with van der Waals surface area (Å²) in [6.45, 7) is 8.42. The molecule has 0 aliphatic carbocycles. The molecule has 2 heterocycles. The lowest BCUT2D eigenvalue weighted by Crippen LogP contribution is -2.46. The Morgan fingerprint density at radius 3 is 2.60 bits per heavy atom. The molecule has 1 aliphatic rings. The maximum Gasteiger partial charge on any atom is 0.193 e. The number of hydrogen-bond donors (Lipinski definition) is 1. The minimum absolute atomic E-state index is 0. The van der Waals surface area contributed by atoms with Crippen molar-refractivity contribution in [3.8, 4) is 0 Å². The zero-order valence-electron chi connectivity index (χ0n) is 15.7. The van der Waals surface area contributed by atoms with Gasteiger partial charge in [-0.05, 0) is 33.1 Å². The smallest absolute Gasteiger partial charge is 0.193 e. The van der Waals surface area contributed by atoms with Crippen LogP contribution in [0.5, 0.6) is 0 Å². The second kappa shape index (κ2) is 12.0. The fourth-order valence-electron chi connectivity index (χ4n) is 2.92. The lowest BCUT2D eigenvalue weighted by atomic mass is 10.1. The van der Waals surface area contributed by atoms with Gasteiger partial charge in [0.25, 0.3) is 0 Å². The summed E-state index contributed by atoms with van der Waals surface area (Å²) in [6, 6.07) is 0. The number of thiazole rings is 1. The summed E-state index contributed by atoms with van der Waals surface area (Å²) in [4.78, 5) is 12.5. The third-order valence-corrected chi connectivity index (χ3v) is 5.28. The van der Waals surface area contributed by atoms with E-state index in [-0.39, 0.29) is 24.0 Å². The molecular weight excluding hydrogens is 451 g/mol. The monoisotopic (exact) mass is 482 g/mol. The Labute approximate surface area is 172 Å². The summed E-state index contributed by atoms with van der Waals surface area (Å²) in [5.74, 6) is 0.971. The average Bonchev–Trinajstić information content (AvgIpc) is 2.91. The summed E-state index contributed by atoms with van der Waals surface area (Å²) in [6.07, 6.45) is 3.43. The molecule has 0 radical (unpaired) electrons.